The topological polar surface area (TPSA) is 134 Å². The second kappa shape index (κ2) is 7.32. The molecule has 9 heteroatoms. The average Bonchev–Trinajstić information content (AvgIpc) is 2.67. The van der Waals surface area contributed by atoms with Crippen molar-refractivity contribution in [2.75, 3.05) is 12.9 Å². The van der Waals surface area contributed by atoms with Crippen LogP contribution in [0.2, 0.25) is 0 Å². The summed E-state index contributed by atoms with van der Waals surface area (Å²) in [5.41, 5.74) is 0.957. The molecule has 0 saturated heterocycles. The summed E-state index contributed by atoms with van der Waals surface area (Å²) in [6, 6.07) is 1.15. The average molecular weight is 418 g/mol. The lowest BCUT2D eigenvalue weighted by Gasteiger charge is -2.15. The van der Waals surface area contributed by atoms with Crippen LogP contribution in [0.25, 0.3) is 21.9 Å². The van der Waals surface area contributed by atoms with Gasteiger partial charge in [0.1, 0.15) is 28.1 Å². The number of carbonyl (C=O) groups excluding carboxylic acids is 1. The first-order valence-electron chi connectivity index (χ1n) is 8.48. The summed E-state index contributed by atoms with van der Waals surface area (Å²) in [4.78, 5) is 36.6. The Labute approximate surface area is 168 Å². The molecule has 0 atom stereocenters. The number of benzene rings is 2. The van der Waals surface area contributed by atoms with E-state index in [-0.39, 0.29) is 38.1 Å². The number of ether oxygens (including phenoxy) is 1. The van der Waals surface area contributed by atoms with Crippen LogP contribution in [-0.4, -0.2) is 40.1 Å². The molecule has 0 aliphatic carbocycles. The number of methoxy groups -OCH3 is 1. The fraction of sp³-hybridized carbons (Fsp3) is 0.250. The lowest BCUT2D eigenvalue weighted by atomic mass is 9.97. The number of carboxylic acid groups (broad SMARTS) is 1. The van der Waals surface area contributed by atoms with E-state index in [0.29, 0.717) is 22.9 Å². The smallest absolute Gasteiger partial charge is 0.340 e. The number of hydrogen-bond acceptors (Lipinski definition) is 8. The normalized spacial score (nSPS) is 11.2. The molecule has 0 aliphatic rings. The lowest BCUT2D eigenvalue weighted by molar-refractivity contribution is -0.133. The highest BCUT2D eigenvalue weighted by atomic mass is 32.2. The van der Waals surface area contributed by atoms with Crippen LogP contribution in [0.5, 0.6) is 11.5 Å². The molecule has 0 spiro atoms. The quantitative estimate of drug-likeness (QED) is 0.331. The molecule has 0 unspecified atom stereocenters. The van der Waals surface area contributed by atoms with Crippen molar-refractivity contribution in [3.8, 4) is 11.5 Å². The van der Waals surface area contributed by atoms with Crippen LogP contribution in [0.15, 0.2) is 20.2 Å². The molecule has 0 radical (unpaired) electrons. The molecule has 0 saturated carbocycles. The molecular weight excluding hydrogens is 400 g/mol. The predicted octanol–water partition coefficient (Wildman–Crippen LogP) is 3.25. The highest BCUT2D eigenvalue weighted by Crippen LogP contribution is 2.40. The molecule has 0 bridgehead atoms. The molecule has 3 rings (SSSR count). The van der Waals surface area contributed by atoms with Crippen molar-refractivity contribution in [3.05, 3.63) is 38.5 Å². The second-order valence-electron chi connectivity index (χ2n) is 6.51. The number of aryl methyl sites for hydroxylation is 1. The molecule has 3 N–H and O–H groups in total. The SMILES string of the molecule is COC(=O)c1c(SCC(=O)O)c(O)cc2oc3c(C)c(C)c(C)c(O)c3c(=O)c12. The minimum atomic E-state index is -1.17. The zero-order valence-electron chi connectivity index (χ0n) is 16.1. The van der Waals surface area contributed by atoms with E-state index in [2.05, 4.69) is 0 Å². The van der Waals surface area contributed by atoms with Crippen LogP contribution < -0.4 is 5.43 Å². The highest BCUT2D eigenvalue weighted by Gasteiger charge is 2.27. The number of esters is 1. The summed E-state index contributed by atoms with van der Waals surface area (Å²) in [5, 5.41) is 29.6. The second-order valence-corrected chi connectivity index (χ2v) is 7.49. The van der Waals surface area contributed by atoms with E-state index in [9.17, 15) is 24.6 Å². The molecular formula is C20H18O8S. The number of hydrogen-bond donors (Lipinski definition) is 3. The van der Waals surface area contributed by atoms with E-state index in [1.165, 1.54) is 0 Å². The van der Waals surface area contributed by atoms with Gasteiger partial charge in [0.25, 0.3) is 0 Å². The Bertz CT molecular complexity index is 1260. The third-order valence-electron chi connectivity index (χ3n) is 4.90. The summed E-state index contributed by atoms with van der Waals surface area (Å²) in [5.74, 6) is -3.24. The van der Waals surface area contributed by atoms with Gasteiger partial charge < -0.3 is 24.5 Å². The Hall–Kier alpha value is -3.20. The first kappa shape index (κ1) is 20.5. The van der Waals surface area contributed by atoms with Crippen molar-refractivity contribution >= 4 is 45.6 Å². The Kier molecular flexibility index (Phi) is 5.18. The number of aromatic hydroxyl groups is 2. The Morgan fingerprint density at radius 3 is 2.34 bits per heavy atom. The van der Waals surface area contributed by atoms with E-state index in [1.807, 2.05) is 0 Å². The van der Waals surface area contributed by atoms with Gasteiger partial charge in [-0.05, 0) is 37.5 Å². The fourth-order valence-corrected chi connectivity index (χ4v) is 4.00. The summed E-state index contributed by atoms with van der Waals surface area (Å²) >= 11 is 0.674. The molecule has 29 heavy (non-hydrogen) atoms. The maximum absolute atomic E-state index is 13.3. The van der Waals surface area contributed by atoms with E-state index >= 15 is 0 Å². The third kappa shape index (κ3) is 3.17. The Morgan fingerprint density at radius 1 is 1.10 bits per heavy atom. The minimum Gasteiger partial charge on any atom is -0.507 e. The maximum Gasteiger partial charge on any atom is 0.340 e. The van der Waals surface area contributed by atoms with Gasteiger partial charge in [0, 0.05) is 6.07 Å². The number of thioether (sulfide) groups is 1. The van der Waals surface area contributed by atoms with Gasteiger partial charge in [-0.3, -0.25) is 9.59 Å². The summed E-state index contributed by atoms with van der Waals surface area (Å²) in [6.07, 6.45) is 0. The van der Waals surface area contributed by atoms with Gasteiger partial charge in [0.15, 0.2) is 0 Å². The maximum atomic E-state index is 13.3. The molecule has 1 aromatic heterocycles. The van der Waals surface area contributed by atoms with Crippen molar-refractivity contribution in [2.24, 2.45) is 0 Å². The Morgan fingerprint density at radius 2 is 1.76 bits per heavy atom. The zero-order valence-corrected chi connectivity index (χ0v) is 16.9. The standard InChI is InChI=1S/C20H18O8S/c1-7-8(2)16(24)15-17(25)13-11(28-18(15)9(7)3)5-10(21)19(29-6-12(22)23)14(13)20(26)27-4/h5,21,24H,6H2,1-4H3,(H,22,23). The van der Waals surface area contributed by atoms with Gasteiger partial charge in [-0.2, -0.15) is 0 Å². The molecule has 8 nitrogen and oxygen atoms in total. The molecule has 0 aliphatic heterocycles. The molecule has 0 fully saturated rings. The highest BCUT2D eigenvalue weighted by molar-refractivity contribution is 8.00. The number of fused-ring (bicyclic) bond motifs is 2. The summed E-state index contributed by atoms with van der Waals surface area (Å²) in [7, 11) is 1.10. The number of rotatable bonds is 4. The van der Waals surface area contributed by atoms with Crippen molar-refractivity contribution in [1.29, 1.82) is 0 Å². The summed E-state index contributed by atoms with van der Waals surface area (Å²) in [6.45, 7) is 5.17. The molecule has 3 aromatic rings. The summed E-state index contributed by atoms with van der Waals surface area (Å²) < 4.78 is 10.6. The first-order valence-corrected chi connectivity index (χ1v) is 9.46. The first-order chi connectivity index (χ1) is 13.6. The largest absolute Gasteiger partial charge is 0.507 e. The van der Waals surface area contributed by atoms with E-state index in [1.54, 1.807) is 20.8 Å². The van der Waals surface area contributed by atoms with Crippen LogP contribution in [0.1, 0.15) is 27.0 Å². The van der Waals surface area contributed by atoms with E-state index in [4.69, 9.17) is 14.3 Å². The van der Waals surface area contributed by atoms with Crippen LogP contribution in [0.4, 0.5) is 0 Å². The number of phenols is 2. The van der Waals surface area contributed by atoms with Gasteiger partial charge in [-0.1, -0.05) is 0 Å². The van der Waals surface area contributed by atoms with Crippen molar-refractivity contribution in [1.82, 2.24) is 0 Å². The molecule has 1 heterocycles. The van der Waals surface area contributed by atoms with Gasteiger partial charge in [0.2, 0.25) is 5.43 Å². The van der Waals surface area contributed by atoms with Crippen molar-refractivity contribution < 1.29 is 34.1 Å². The van der Waals surface area contributed by atoms with Gasteiger partial charge in [0.05, 0.1) is 28.7 Å². The Balaban J connectivity index is 2.56. The number of aliphatic carboxylic acids is 1. The van der Waals surface area contributed by atoms with Gasteiger partial charge >= 0.3 is 11.9 Å². The lowest BCUT2D eigenvalue weighted by Crippen LogP contribution is -2.13. The van der Waals surface area contributed by atoms with Crippen molar-refractivity contribution in [3.63, 3.8) is 0 Å². The number of carbonyl (C=O) groups is 2. The predicted molar refractivity (Wildman–Crippen MR) is 107 cm³/mol. The third-order valence-corrected chi connectivity index (χ3v) is 6.00. The van der Waals surface area contributed by atoms with Crippen LogP contribution in [0.3, 0.4) is 0 Å². The van der Waals surface area contributed by atoms with Gasteiger partial charge in [-0.15, -0.1) is 11.8 Å². The van der Waals surface area contributed by atoms with Gasteiger partial charge in [-0.25, -0.2) is 4.79 Å². The molecule has 0 amide bonds. The zero-order chi connectivity index (χ0) is 21.6. The number of carboxylic acids is 1. The minimum absolute atomic E-state index is 0.0779. The van der Waals surface area contributed by atoms with Crippen LogP contribution in [0, 0.1) is 20.8 Å². The molecule has 152 valence electrons. The van der Waals surface area contributed by atoms with E-state index in [0.717, 1.165) is 18.7 Å². The number of phenolic OH excluding ortho intramolecular Hbond substituents is 2. The van der Waals surface area contributed by atoms with Crippen molar-refractivity contribution in [2.45, 2.75) is 25.7 Å². The van der Waals surface area contributed by atoms with Crippen LogP contribution in [-0.2, 0) is 9.53 Å². The monoisotopic (exact) mass is 418 g/mol. The van der Waals surface area contributed by atoms with E-state index < -0.39 is 28.9 Å². The van der Waals surface area contributed by atoms with Crippen LogP contribution >= 0.6 is 11.8 Å². The molecule has 2 aromatic carbocycles. The fourth-order valence-electron chi connectivity index (χ4n) is 3.19.